The minimum absolute atomic E-state index is 0. The highest BCUT2D eigenvalue weighted by Crippen LogP contribution is 2.37. The number of nitrogens with zero attached hydrogens (tertiary/aromatic N) is 1. The van der Waals surface area contributed by atoms with Gasteiger partial charge in [0.15, 0.2) is 0 Å². The molecule has 1 saturated carbocycles. The molecule has 3 rings (SSSR count). The highest BCUT2D eigenvalue weighted by molar-refractivity contribution is 5.96. The summed E-state index contributed by atoms with van der Waals surface area (Å²) in [5.41, 5.74) is 9.28. The summed E-state index contributed by atoms with van der Waals surface area (Å²) in [5, 5.41) is 0. The maximum atomic E-state index is 12.6. The highest BCUT2D eigenvalue weighted by Gasteiger charge is 2.42. The molecule has 1 saturated heterocycles. The van der Waals surface area contributed by atoms with E-state index in [4.69, 9.17) is 5.73 Å². The third-order valence-corrected chi connectivity index (χ3v) is 5.03. The second-order valence-electron chi connectivity index (χ2n) is 6.12. The maximum Gasteiger partial charge on any atom is 0.254 e. The van der Waals surface area contributed by atoms with E-state index in [-0.39, 0.29) is 18.3 Å². The summed E-state index contributed by atoms with van der Waals surface area (Å²) >= 11 is 0. The summed E-state index contributed by atoms with van der Waals surface area (Å²) in [5.74, 6) is 1.33. The van der Waals surface area contributed by atoms with Crippen molar-refractivity contribution in [2.75, 3.05) is 13.1 Å². The van der Waals surface area contributed by atoms with Gasteiger partial charge in [-0.05, 0) is 55.7 Å². The van der Waals surface area contributed by atoms with Crippen LogP contribution in [0, 0.1) is 25.7 Å². The fraction of sp³-hybridized carbons (Fsp3) is 0.562. The molecular formula is C16H23ClN2O. The molecule has 3 nitrogen and oxygen atoms in total. The quantitative estimate of drug-likeness (QED) is 0.865. The Bertz CT molecular complexity index is 517. The predicted octanol–water partition coefficient (Wildman–Crippen LogP) is 2.53. The highest BCUT2D eigenvalue weighted by atomic mass is 35.5. The van der Waals surface area contributed by atoms with E-state index in [1.807, 2.05) is 24.0 Å². The average Bonchev–Trinajstić information content (AvgIpc) is 2.95. The first-order valence-electron chi connectivity index (χ1n) is 7.19. The number of likely N-dealkylation sites (tertiary alicyclic amines) is 1. The third-order valence-electron chi connectivity index (χ3n) is 5.03. The molecule has 0 bridgehead atoms. The van der Waals surface area contributed by atoms with Crippen LogP contribution >= 0.6 is 12.4 Å². The Morgan fingerprint density at radius 2 is 2.00 bits per heavy atom. The van der Waals surface area contributed by atoms with Gasteiger partial charge in [0.1, 0.15) is 0 Å². The number of hydrogen-bond acceptors (Lipinski definition) is 2. The van der Waals surface area contributed by atoms with Crippen LogP contribution in [-0.4, -0.2) is 29.9 Å². The number of benzene rings is 1. The summed E-state index contributed by atoms with van der Waals surface area (Å²) in [6, 6.07) is 6.26. The van der Waals surface area contributed by atoms with Crippen LogP contribution in [0.1, 0.15) is 34.3 Å². The first-order valence-corrected chi connectivity index (χ1v) is 7.19. The van der Waals surface area contributed by atoms with Gasteiger partial charge >= 0.3 is 0 Å². The zero-order valence-corrected chi connectivity index (χ0v) is 13.0. The Balaban J connectivity index is 0.00000147. The molecule has 110 valence electrons. The maximum absolute atomic E-state index is 12.6. The van der Waals surface area contributed by atoms with Crippen LogP contribution < -0.4 is 5.73 Å². The van der Waals surface area contributed by atoms with Crippen molar-refractivity contribution in [1.29, 1.82) is 0 Å². The van der Waals surface area contributed by atoms with Crippen molar-refractivity contribution >= 4 is 18.3 Å². The largest absolute Gasteiger partial charge is 0.338 e. The minimum Gasteiger partial charge on any atom is -0.338 e. The lowest BCUT2D eigenvalue weighted by Gasteiger charge is -2.20. The van der Waals surface area contributed by atoms with E-state index >= 15 is 0 Å². The van der Waals surface area contributed by atoms with Crippen LogP contribution in [0.4, 0.5) is 0 Å². The fourth-order valence-electron chi connectivity index (χ4n) is 3.63. The van der Waals surface area contributed by atoms with Crippen molar-refractivity contribution in [3.63, 3.8) is 0 Å². The molecule has 1 aromatic carbocycles. The van der Waals surface area contributed by atoms with Gasteiger partial charge in [0.05, 0.1) is 0 Å². The summed E-state index contributed by atoms with van der Waals surface area (Å²) < 4.78 is 0. The summed E-state index contributed by atoms with van der Waals surface area (Å²) in [6.45, 7) is 5.83. The number of aryl methyl sites for hydroxylation is 1. The number of hydrogen-bond donors (Lipinski definition) is 1. The summed E-state index contributed by atoms with van der Waals surface area (Å²) in [6.07, 6.45) is 2.31. The molecule has 3 atom stereocenters. The monoisotopic (exact) mass is 294 g/mol. The second-order valence-corrected chi connectivity index (χ2v) is 6.12. The topological polar surface area (TPSA) is 46.3 Å². The minimum atomic E-state index is 0. The van der Waals surface area contributed by atoms with Crippen LogP contribution in [0.15, 0.2) is 18.2 Å². The molecule has 1 aliphatic carbocycles. The molecule has 1 aromatic rings. The van der Waals surface area contributed by atoms with Crippen molar-refractivity contribution in [3.8, 4) is 0 Å². The van der Waals surface area contributed by atoms with Gasteiger partial charge in [-0.1, -0.05) is 12.1 Å². The van der Waals surface area contributed by atoms with Crippen LogP contribution in [0.5, 0.6) is 0 Å². The van der Waals surface area contributed by atoms with E-state index < -0.39 is 0 Å². The van der Waals surface area contributed by atoms with E-state index in [1.165, 1.54) is 12.0 Å². The number of carbonyl (C=O) groups is 1. The number of nitrogens with two attached hydrogens (primary N) is 1. The number of carbonyl (C=O) groups excluding carboxylic acids is 1. The Morgan fingerprint density at radius 3 is 2.70 bits per heavy atom. The van der Waals surface area contributed by atoms with Gasteiger partial charge in [0, 0.05) is 24.7 Å². The van der Waals surface area contributed by atoms with Crippen LogP contribution in [0.2, 0.25) is 0 Å². The van der Waals surface area contributed by atoms with Gasteiger partial charge in [-0.15, -0.1) is 12.4 Å². The van der Waals surface area contributed by atoms with Crippen LogP contribution in [-0.2, 0) is 0 Å². The zero-order valence-electron chi connectivity index (χ0n) is 12.1. The SMILES string of the molecule is Cc1cccc(C(=O)N2CC3CCC(N)C3C2)c1C.Cl. The average molecular weight is 295 g/mol. The number of halogens is 1. The van der Waals surface area contributed by atoms with Crippen molar-refractivity contribution in [1.82, 2.24) is 4.90 Å². The van der Waals surface area contributed by atoms with Crippen molar-refractivity contribution in [2.24, 2.45) is 17.6 Å². The molecule has 1 amide bonds. The van der Waals surface area contributed by atoms with Crippen LogP contribution in [0.3, 0.4) is 0 Å². The predicted molar refractivity (Wildman–Crippen MR) is 83.3 cm³/mol. The second kappa shape index (κ2) is 5.74. The molecule has 2 N–H and O–H groups in total. The van der Waals surface area contributed by atoms with Gasteiger partial charge in [-0.25, -0.2) is 0 Å². The van der Waals surface area contributed by atoms with Gasteiger partial charge in [-0.3, -0.25) is 4.79 Å². The molecule has 3 unspecified atom stereocenters. The Hall–Kier alpha value is -1.06. The number of fused-ring (bicyclic) bond motifs is 1. The molecule has 20 heavy (non-hydrogen) atoms. The summed E-state index contributed by atoms with van der Waals surface area (Å²) in [7, 11) is 0. The lowest BCUT2D eigenvalue weighted by atomic mass is 9.98. The lowest BCUT2D eigenvalue weighted by Crippen LogP contribution is -2.33. The zero-order chi connectivity index (χ0) is 13.6. The van der Waals surface area contributed by atoms with Crippen molar-refractivity contribution < 1.29 is 4.79 Å². The van der Waals surface area contributed by atoms with Gasteiger partial charge in [-0.2, -0.15) is 0 Å². The van der Waals surface area contributed by atoms with Gasteiger partial charge in [0.2, 0.25) is 0 Å². The fourth-order valence-corrected chi connectivity index (χ4v) is 3.63. The van der Waals surface area contributed by atoms with E-state index in [1.54, 1.807) is 0 Å². The summed E-state index contributed by atoms with van der Waals surface area (Å²) in [4.78, 5) is 14.7. The van der Waals surface area contributed by atoms with E-state index in [9.17, 15) is 4.79 Å². The van der Waals surface area contributed by atoms with E-state index in [2.05, 4.69) is 13.0 Å². The van der Waals surface area contributed by atoms with Crippen molar-refractivity contribution in [2.45, 2.75) is 32.7 Å². The first kappa shape index (κ1) is 15.3. The molecule has 0 aromatic heterocycles. The molecule has 1 heterocycles. The smallest absolute Gasteiger partial charge is 0.254 e. The Morgan fingerprint density at radius 1 is 1.25 bits per heavy atom. The Labute approximate surface area is 126 Å². The molecule has 4 heteroatoms. The standard InChI is InChI=1S/C16H22N2O.ClH/c1-10-4-3-5-13(11(10)2)16(19)18-8-12-6-7-15(17)14(12)9-18;/h3-5,12,14-15H,6-9,17H2,1-2H3;1H. The first-order chi connectivity index (χ1) is 9.08. The van der Waals surface area contributed by atoms with Crippen LogP contribution in [0.25, 0.3) is 0 Å². The molecule has 0 radical (unpaired) electrons. The molecular weight excluding hydrogens is 272 g/mol. The van der Waals surface area contributed by atoms with Crippen molar-refractivity contribution in [3.05, 3.63) is 34.9 Å². The molecule has 1 aliphatic heterocycles. The normalized spacial score (nSPS) is 28.1. The van der Waals surface area contributed by atoms with E-state index in [0.29, 0.717) is 17.9 Å². The molecule has 2 fully saturated rings. The third kappa shape index (κ3) is 2.45. The van der Waals surface area contributed by atoms with Gasteiger partial charge < -0.3 is 10.6 Å². The van der Waals surface area contributed by atoms with Gasteiger partial charge in [0.25, 0.3) is 5.91 Å². The number of rotatable bonds is 1. The Kier molecular flexibility index (Phi) is 4.40. The molecule has 0 spiro atoms. The number of amides is 1. The molecule has 2 aliphatic rings. The lowest BCUT2D eigenvalue weighted by molar-refractivity contribution is 0.0779. The van der Waals surface area contributed by atoms with E-state index in [0.717, 1.165) is 30.6 Å².